The second-order valence-electron chi connectivity index (χ2n) is 5.18. The van der Waals surface area contributed by atoms with Crippen molar-refractivity contribution in [3.63, 3.8) is 0 Å². The van der Waals surface area contributed by atoms with Gasteiger partial charge in [-0.2, -0.15) is 0 Å². The number of nitrogens with zero attached hydrogens (tertiary/aromatic N) is 3. The Morgan fingerprint density at radius 2 is 2.26 bits per heavy atom. The number of fused-ring (bicyclic) bond motifs is 1. The number of carbonyl (C=O) groups excluding carboxylic acids is 1. The van der Waals surface area contributed by atoms with Gasteiger partial charge >= 0.3 is 0 Å². The molecule has 6 heteroatoms. The molecule has 0 aromatic carbocycles. The van der Waals surface area contributed by atoms with Gasteiger partial charge in [-0.05, 0) is 18.6 Å². The molecular formula is C13H17ClN4O. The van der Waals surface area contributed by atoms with Gasteiger partial charge < -0.3 is 10.6 Å². The molecule has 0 radical (unpaired) electrons. The molecule has 1 atom stereocenters. The number of piperazine rings is 1. The summed E-state index contributed by atoms with van der Waals surface area (Å²) >= 11 is 6.14. The monoisotopic (exact) mass is 280 g/mol. The molecule has 0 saturated carbocycles. The Morgan fingerprint density at radius 3 is 3.11 bits per heavy atom. The van der Waals surface area contributed by atoms with E-state index in [9.17, 15) is 4.79 Å². The molecule has 1 amide bonds. The minimum absolute atomic E-state index is 0.296. The van der Waals surface area contributed by atoms with Crippen molar-refractivity contribution < 1.29 is 4.79 Å². The van der Waals surface area contributed by atoms with Gasteiger partial charge in [0, 0.05) is 38.6 Å². The van der Waals surface area contributed by atoms with E-state index in [0.717, 1.165) is 31.7 Å². The van der Waals surface area contributed by atoms with Gasteiger partial charge in [-0.25, -0.2) is 4.98 Å². The van der Waals surface area contributed by atoms with Gasteiger partial charge in [0.1, 0.15) is 5.82 Å². The standard InChI is InChI=1S/C13H17ClN4O/c14-10-2-3-12(15)16-11(10)8-17-5-6-18-9(7-17)1-4-13(18)19/h2-3,9H,1,4-8H2,(H2,15,16). The van der Waals surface area contributed by atoms with E-state index < -0.39 is 0 Å². The van der Waals surface area contributed by atoms with Crippen LogP contribution >= 0.6 is 11.6 Å². The van der Waals surface area contributed by atoms with E-state index in [4.69, 9.17) is 17.3 Å². The molecule has 2 aliphatic rings. The molecule has 0 bridgehead atoms. The van der Waals surface area contributed by atoms with Gasteiger partial charge in [-0.15, -0.1) is 0 Å². The molecule has 0 aliphatic carbocycles. The molecule has 2 aliphatic heterocycles. The number of anilines is 1. The number of hydrogen-bond donors (Lipinski definition) is 1. The number of halogens is 1. The maximum absolute atomic E-state index is 11.6. The number of pyridine rings is 1. The van der Waals surface area contributed by atoms with E-state index in [1.54, 1.807) is 12.1 Å². The summed E-state index contributed by atoms with van der Waals surface area (Å²) in [5.74, 6) is 0.791. The second-order valence-corrected chi connectivity index (χ2v) is 5.59. The molecular weight excluding hydrogens is 264 g/mol. The van der Waals surface area contributed by atoms with Crippen LogP contribution in [0.15, 0.2) is 12.1 Å². The number of nitrogen functional groups attached to an aromatic ring is 1. The quantitative estimate of drug-likeness (QED) is 0.882. The van der Waals surface area contributed by atoms with E-state index in [2.05, 4.69) is 9.88 Å². The van der Waals surface area contributed by atoms with Crippen molar-refractivity contribution >= 4 is 23.3 Å². The Hall–Kier alpha value is -1.33. The molecule has 5 nitrogen and oxygen atoms in total. The van der Waals surface area contributed by atoms with Gasteiger partial charge in [-0.1, -0.05) is 11.6 Å². The van der Waals surface area contributed by atoms with Crippen LogP contribution in [0.25, 0.3) is 0 Å². The van der Waals surface area contributed by atoms with E-state index >= 15 is 0 Å². The lowest BCUT2D eigenvalue weighted by atomic mass is 10.1. The van der Waals surface area contributed by atoms with Crippen LogP contribution in [-0.2, 0) is 11.3 Å². The molecule has 102 valence electrons. The van der Waals surface area contributed by atoms with Crippen molar-refractivity contribution in [3.8, 4) is 0 Å². The molecule has 3 heterocycles. The number of amides is 1. The fourth-order valence-electron chi connectivity index (χ4n) is 2.90. The smallest absolute Gasteiger partial charge is 0.222 e. The maximum Gasteiger partial charge on any atom is 0.222 e. The Labute approximate surface area is 117 Å². The lowest BCUT2D eigenvalue weighted by Crippen LogP contribution is -2.51. The first-order chi connectivity index (χ1) is 9.13. The van der Waals surface area contributed by atoms with Crippen molar-refractivity contribution in [2.75, 3.05) is 25.4 Å². The van der Waals surface area contributed by atoms with Crippen LogP contribution in [0.4, 0.5) is 5.82 Å². The number of nitrogens with two attached hydrogens (primary N) is 1. The summed E-state index contributed by atoms with van der Waals surface area (Å²) in [6, 6.07) is 3.86. The summed E-state index contributed by atoms with van der Waals surface area (Å²) in [7, 11) is 0. The van der Waals surface area contributed by atoms with Crippen molar-refractivity contribution in [2.45, 2.75) is 25.4 Å². The van der Waals surface area contributed by atoms with Gasteiger partial charge in [-0.3, -0.25) is 9.69 Å². The normalized spacial score (nSPS) is 23.7. The minimum atomic E-state index is 0.296. The zero-order chi connectivity index (χ0) is 13.4. The van der Waals surface area contributed by atoms with Crippen LogP contribution in [0.2, 0.25) is 5.02 Å². The molecule has 2 fully saturated rings. The Kier molecular flexibility index (Phi) is 3.33. The fraction of sp³-hybridized carbons (Fsp3) is 0.538. The van der Waals surface area contributed by atoms with Gasteiger partial charge in [0.05, 0.1) is 10.7 Å². The minimum Gasteiger partial charge on any atom is -0.384 e. The number of rotatable bonds is 2. The molecule has 3 rings (SSSR count). The lowest BCUT2D eigenvalue weighted by molar-refractivity contribution is -0.130. The highest BCUT2D eigenvalue weighted by Crippen LogP contribution is 2.25. The highest BCUT2D eigenvalue weighted by molar-refractivity contribution is 6.31. The molecule has 1 aromatic rings. The summed E-state index contributed by atoms with van der Waals surface area (Å²) in [5, 5.41) is 0.652. The highest BCUT2D eigenvalue weighted by Gasteiger charge is 2.35. The van der Waals surface area contributed by atoms with Crippen LogP contribution in [0.3, 0.4) is 0 Å². The summed E-state index contributed by atoms with van der Waals surface area (Å²) < 4.78 is 0. The topological polar surface area (TPSA) is 62.5 Å². The molecule has 0 spiro atoms. The lowest BCUT2D eigenvalue weighted by Gasteiger charge is -2.37. The third-order valence-corrected chi connectivity index (χ3v) is 4.24. The first-order valence-electron chi connectivity index (χ1n) is 6.56. The molecule has 2 saturated heterocycles. The number of carbonyl (C=O) groups is 1. The third kappa shape index (κ3) is 2.53. The summed E-state index contributed by atoms with van der Waals surface area (Å²) in [6.07, 6.45) is 1.66. The SMILES string of the molecule is Nc1ccc(Cl)c(CN2CCN3C(=O)CCC3C2)n1. The van der Waals surface area contributed by atoms with Crippen LogP contribution in [0, 0.1) is 0 Å². The van der Waals surface area contributed by atoms with Crippen molar-refractivity contribution in [2.24, 2.45) is 0 Å². The largest absolute Gasteiger partial charge is 0.384 e. The number of hydrogen-bond acceptors (Lipinski definition) is 4. The van der Waals surface area contributed by atoms with E-state index in [1.807, 2.05) is 4.90 Å². The maximum atomic E-state index is 11.6. The van der Waals surface area contributed by atoms with Gasteiger partial charge in [0.25, 0.3) is 0 Å². The van der Waals surface area contributed by atoms with E-state index in [-0.39, 0.29) is 0 Å². The summed E-state index contributed by atoms with van der Waals surface area (Å²) in [4.78, 5) is 20.2. The predicted molar refractivity (Wildman–Crippen MR) is 73.7 cm³/mol. The summed E-state index contributed by atoms with van der Waals surface area (Å²) in [5.41, 5.74) is 6.51. The molecule has 1 unspecified atom stereocenters. The van der Waals surface area contributed by atoms with E-state index in [1.165, 1.54) is 0 Å². The first-order valence-corrected chi connectivity index (χ1v) is 6.94. The molecule has 1 aromatic heterocycles. The fourth-order valence-corrected chi connectivity index (χ4v) is 3.06. The van der Waals surface area contributed by atoms with Crippen LogP contribution in [-0.4, -0.2) is 46.4 Å². The number of aromatic nitrogens is 1. The summed E-state index contributed by atoms with van der Waals surface area (Å²) in [6.45, 7) is 3.28. The zero-order valence-electron chi connectivity index (χ0n) is 10.7. The average Bonchev–Trinajstić information content (AvgIpc) is 2.75. The average molecular weight is 281 g/mol. The van der Waals surface area contributed by atoms with Crippen LogP contribution in [0.1, 0.15) is 18.5 Å². The highest BCUT2D eigenvalue weighted by atomic mass is 35.5. The third-order valence-electron chi connectivity index (χ3n) is 3.89. The van der Waals surface area contributed by atoms with Crippen molar-refractivity contribution in [1.82, 2.24) is 14.8 Å². The van der Waals surface area contributed by atoms with Crippen molar-refractivity contribution in [1.29, 1.82) is 0 Å². The Morgan fingerprint density at radius 1 is 1.42 bits per heavy atom. The molecule has 2 N–H and O–H groups in total. The van der Waals surface area contributed by atoms with Crippen LogP contribution in [0.5, 0.6) is 0 Å². The second kappa shape index (κ2) is 4.98. The zero-order valence-corrected chi connectivity index (χ0v) is 11.4. The van der Waals surface area contributed by atoms with Crippen molar-refractivity contribution in [3.05, 3.63) is 22.8 Å². The van der Waals surface area contributed by atoms with E-state index in [0.29, 0.717) is 35.8 Å². The molecule has 19 heavy (non-hydrogen) atoms. The Bertz CT molecular complexity index is 507. The first kappa shape index (κ1) is 12.7. The Balaban J connectivity index is 1.68. The van der Waals surface area contributed by atoms with Crippen LogP contribution < -0.4 is 5.73 Å². The predicted octanol–water partition coefficient (Wildman–Crippen LogP) is 1.12. The van der Waals surface area contributed by atoms with Gasteiger partial charge in [0.2, 0.25) is 5.91 Å². The van der Waals surface area contributed by atoms with Gasteiger partial charge in [0.15, 0.2) is 0 Å².